The number of primary amides is 1. The summed E-state index contributed by atoms with van der Waals surface area (Å²) in [6.45, 7) is 0.662. The molecule has 0 saturated carbocycles. The normalized spacial score (nSPS) is 14.2. The lowest BCUT2D eigenvalue weighted by molar-refractivity contribution is -0.119. The topological polar surface area (TPSA) is 137 Å². The van der Waals surface area contributed by atoms with Crippen molar-refractivity contribution in [2.45, 2.75) is 25.3 Å². The number of carbonyl (C=O) groups excluding carboxylic acids is 4. The number of amides is 4. The Morgan fingerprint density at radius 3 is 2.51 bits per heavy atom. The van der Waals surface area contributed by atoms with Crippen LogP contribution in [0.3, 0.4) is 0 Å². The minimum absolute atomic E-state index is 0.0787. The standard InChI is InChI=1S/C29H26ClN5O4/c30-23-16-32-24-15-19(7-12-22(23)24)28(38)34-26(17-4-3-5-18(14-17)27(31)37)29(39)33-20-8-10-21(11-9-20)35-13-2-1-6-25(35)36/h3-5,7-12,14-16,26,32H,1-2,6,13H2,(H2,31,37)(H,33,39)(H,34,38). The quantitative estimate of drug-likeness (QED) is 0.272. The average molecular weight is 544 g/mol. The molecular weight excluding hydrogens is 518 g/mol. The molecule has 0 radical (unpaired) electrons. The van der Waals surface area contributed by atoms with Gasteiger partial charge in [-0.05, 0) is 66.9 Å². The van der Waals surface area contributed by atoms with Gasteiger partial charge in [0.05, 0.1) is 5.02 Å². The molecule has 2 heterocycles. The molecular formula is C29H26ClN5O4. The van der Waals surface area contributed by atoms with Gasteiger partial charge >= 0.3 is 0 Å². The number of aromatic nitrogens is 1. The Labute approximate surface area is 229 Å². The van der Waals surface area contributed by atoms with E-state index < -0.39 is 23.8 Å². The average Bonchev–Trinajstić information content (AvgIpc) is 3.32. The fraction of sp³-hybridized carbons (Fsp3) is 0.172. The molecule has 1 atom stereocenters. The van der Waals surface area contributed by atoms with Crippen LogP contribution in [0.2, 0.25) is 5.02 Å². The third-order valence-corrected chi connectivity index (χ3v) is 7.02. The second-order valence-electron chi connectivity index (χ2n) is 9.33. The number of aromatic amines is 1. The van der Waals surface area contributed by atoms with Crippen molar-refractivity contribution in [3.05, 3.63) is 94.6 Å². The molecule has 10 heteroatoms. The highest BCUT2D eigenvalue weighted by atomic mass is 35.5. The van der Waals surface area contributed by atoms with Crippen molar-refractivity contribution in [1.29, 1.82) is 0 Å². The summed E-state index contributed by atoms with van der Waals surface area (Å²) in [6, 6.07) is 17.1. The van der Waals surface area contributed by atoms with E-state index >= 15 is 0 Å². The number of anilines is 2. The summed E-state index contributed by atoms with van der Waals surface area (Å²) >= 11 is 6.15. The van der Waals surface area contributed by atoms with Crippen molar-refractivity contribution >= 4 is 57.5 Å². The number of nitrogens with one attached hydrogen (secondary N) is 3. The summed E-state index contributed by atoms with van der Waals surface area (Å²) in [4.78, 5) is 55.5. The van der Waals surface area contributed by atoms with Gasteiger partial charge < -0.3 is 26.3 Å². The van der Waals surface area contributed by atoms with Gasteiger partial charge in [0, 0.05) is 52.6 Å². The SMILES string of the molecule is NC(=O)c1cccc(C(NC(=O)c2ccc3c(Cl)c[nH]c3c2)C(=O)Nc2ccc(N3CCCCC3=O)cc2)c1. The summed E-state index contributed by atoms with van der Waals surface area (Å²) < 4.78 is 0. The Balaban J connectivity index is 1.39. The van der Waals surface area contributed by atoms with Crippen molar-refractivity contribution in [2.75, 3.05) is 16.8 Å². The largest absolute Gasteiger partial charge is 0.366 e. The number of halogens is 1. The third kappa shape index (κ3) is 5.63. The predicted octanol–water partition coefficient (Wildman–Crippen LogP) is 4.55. The Morgan fingerprint density at radius 1 is 0.974 bits per heavy atom. The molecule has 4 aromatic rings. The van der Waals surface area contributed by atoms with Crippen LogP contribution in [0.5, 0.6) is 0 Å². The van der Waals surface area contributed by atoms with Gasteiger partial charge in [0.2, 0.25) is 11.8 Å². The van der Waals surface area contributed by atoms with Gasteiger partial charge in [0.1, 0.15) is 6.04 Å². The number of rotatable bonds is 7. The van der Waals surface area contributed by atoms with Crippen LogP contribution in [0, 0.1) is 0 Å². The number of carbonyl (C=O) groups is 4. The van der Waals surface area contributed by atoms with E-state index in [1.807, 2.05) is 0 Å². The Kier molecular flexibility index (Phi) is 7.33. The van der Waals surface area contributed by atoms with Gasteiger partial charge in [-0.15, -0.1) is 0 Å². The van der Waals surface area contributed by atoms with Crippen LogP contribution in [0.4, 0.5) is 11.4 Å². The number of fused-ring (bicyclic) bond motifs is 1. The second kappa shape index (κ2) is 11.0. The fourth-order valence-electron chi connectivity index (χ4n) is 4.64. The van der Waals surface area contributed by atoms with Crippen molar-refractivity contribution in [3.8, 4) is 0 Å². The number of hydrogen-bond acceptors (Lipinski definition) is 4. The van der Waals surface area contributed by atoms with Crippen LogP contribution in [0.1, 0.15) is 51.6 Å². The Hall–Kier alpha value is -4.63. The zero-order chi connectivity index (χ0) is 27.5. The van der Waals surface area contributed by atoms with Gasteiger partial charge in [-0.1, -0.05) is 29.8 Å². The molecule has 1 saturated heterocycles. The lowest BCUT2D eigenvalue weighted by atomic mass is 10.0. The maximum atomic E-state index is 13.5. The molecule has 0 aliphatic carbocycles. The molecule has 5 rings (SSSR count). The van der Waals surface area contributed by atoms with Crippen molar-refractivity contribution in [2.24, 2.45) is 5.73 Å². The van der Waals surface area contributed by atoms with Crippen LogP contribution in [-0.4, -0.2) is 35.2 Å². The predicted molar refractivity (Wildman–Crippen MR) is 150 cm³/mol. The van der Waals surface area contributed by atoms with Crippen LogP contribution >= 0.6 is 11.6 Å². The van der Waals surface area contributed by atoms with Crippen molar-refractivity contribution in [1.82, 2.24) is 10.3 Å². The minimum atomic E-state index is -1.14. The Bertz CT molecular complexity index is 1580. The third-order valence-electron chi connectivity index (χ3n) is 6.71. The maximum absolute atomic E-state index is 13.5. The van der Waals surface area contributed by atoms with E-state index in [1.54, 1.807) is 65.7 Å². The van der Waals surface area contributed by atoms with Gasteiger partial charge in [-0.25, -0.2) is 0 Å². The first-order valence-electron chi connectivity index (χ1n) is 12.5. The molecule has 0 bridgehead atoms. The van der Waals surface area contributed by atoms with Crippen molar-refractivity contribution < 1.29 is 19.2 Å². The number of benzene rings is 3. The monoisotopic (exact) mass is 543 g/mol. The van der Waals surface area contributed by atoms with Gasteiger partial charge in [0.15, 0.2) is 0 Å². The molecule has 9 nitrogen and oxygen atoms in total. The first-order valence-corrected chi connectivity index (χ1v) is 12.9. The van der Waals surface area contributed by atoms with E-state index in [-0.39, 0.29) is 11.5 Å². The number of piperidine rings is 1. The van der Waals surface area contributed by atoms with Crippen LogP contribution in [0.15, 0.2) is 72.9 Å². The number of H-pyrrole nitrogens is 1. The molecule has 198 valence electrons. The lowest BCUT2D eigenvalue weighted by Gasteiger charge is -2.27. The molecule has 1 aliphatic rings. The van der Waals surface area contributed by atoms with Crippen LogP contribution in [0.25, 0.3) is 10.9 Å². The summed E-state index contributed by atoms with van der Waals surface area (Å²) in [5.41, 5.74) is 8.28. The Morgan fingerprint density at radius 2 is 1.77 bits per heavy atom. The van der Waals surface area contributed by atoms with E-state index in [4.69, 9.17) is 17.3 Å². The van der Waals surface area contributed by atoms with Gasteiger partial charge in [0.25, 0.3) is 11.8 Å². The van der Waals surface area contributed by atoms with Crippen molar-refractivity contribution in [3.63, 3.8) is 0 Å². The van der Waals surface area contributed by atoms with E-state index in [9.17, 15) is 19.2 Å². The molecule has 1 aromatic heterocycles. The highest BCUT2D eigenvalue weighted by Gasteiger charge is 2.25. The first kappa shape index (κ1) is 26.0. The van der Waals surface area contributed by atoms with Gasteiger partial charge in [-0.2, -0.15) is 0 Å². The summed E-state index contributed by atoms with van der Waals surface area (Å²) in [7, 11) is 0. The zero-order valence-electron chi connectivity index (χ0n) is 20.9. The zero-order valence-corrected chi connectivity index (χ0v) is 21.6. The molecule has 5 N–H and O–H groups in total. The molecule has 3 aromatic carbocycles. The van der Waals surface area contributed by atoms with E-state index in [1.165, 1.54) is 12.1 Å². The lowest BCUT2D eigenvalue weighted by Crippen LogP contribution is -2.37. The van der Waals surface area contributed by atoms with E-state index in [2.05, 4.69) is 15.6 Å². The first-order chi connectivity index (χ1) is 18.8. The molecule has 1 aliphatic heterocycles. The van der Waals surface area contributed by atoms with Crippen LogP contribution in [-0.2, 0) is 9.59 Å². The molecule has 1 unspecified atom stereocenters. The highest BCUT2D eigenvalue weighted by Crippen LogP contribution is 2.26. The van der Waals surface area contributed by atoms with Crippen LogP contribution < -0.4 is 21.3 Å². The summed E-state index contributed by atoms with van der Waals surface area (Å²) in [5.74, 6) is -1.59. The number of nitrogens with two attached hydrogens (primary N) is 1. The van der Waals surface area contributed by atoms with E-state index in [0.717, 1.165) is 23.9 Å². The summed E-state index contributed by atoms with van der Waals surface area (Å²) in [5, 5.41) is 6.90. The van der Waals surface area contributed by atoms with Gasteiger partial charge in [-0.3, -0.25) is 19.2 Å². The molecule has 1 fully saturated rings. The maximum Gasteiger partial charge on any atom is 0.252 e. The molecule has 0 spiro atoms. The molecule has 39 heavy (non-hydrogen) atoms. The fourth-order valence-corrected chi connectivity index (χ4v) is 4.86. The smallest absolute Gasteiger partial charge is 0.252 e. The number of nitrogens with zero attached hydrogens (tertiary/aromatic N) is 1. The second-order valence-corrected chi connectivity index (χ2v) is 9.74. The highest BCUT2D eigenvalue weighted by molar-refractivity contribution is 6.35. The van der Waals surface area contributed by atoms with E-state index in [0.29, 0.717) is 40.3 Å². The molecule has 4 amide bonds. The number of hydrogen-bond donors (Lipinski definition) is 4. The summed E-state index contributed by atoms with van der Waals surface area (Å²) in [6.07, 6.45) is 3.99. The minimum Gasteiger partial charge on any atom is -0.366 e.